The maximum absolute atomic E-state index is 3.97. The number of hydrogen-bond acceptors (Lipinski definition) is 1. The van der Waals surface area contributed by atoms with Crippen LogP contribution in [0.15, 0.2) is 11.3 Å². The van der Waals surface area contributed by atoms with Crippen LogP contribution in [0.3, 0.4) is 0 Å². The van der Waals surface area contributed by atoms with E-state index in [2.05, 4.69) is 5.32 Å². The van der Waals surface area contributed by atoms with Gasteiger partial charge in [0.2, 0.25) is 0 Å². The van der Waals surface area contributed by atoms with Crippen molar-refractivity contribution in [2.45, 2.75) is 95.9 Å². The summed E-state index contributed by atoms with van der Waals surface area (Å²) in [6.07, 6.45) is 20.3. The van der Waals surface area contributed by atoms with E-state index in [4.69, 9.17) is 0 Å². The predicted octanol–water partition coefficient (Wildman–Crippen LogP) is 5.32. The van der Waals surface area contributed by atoms with E-state index < -0.39 is 0 Å². The van der Waals surface area contributed by atoms with E-state index in [0.717, 1.165) is 12.0 Å². The zero-order chi connectivity index (χ0) is 12.9. The maximum atomic E-state index is 3.97. The summed E-state index contributed by atoms with van der Waals surface area (Å²) in [6, 6.07) is 0.808. The molecule has 0 aromatic heterocycles. The molecule has 0 radical (unpaired) electrons. The van der Waals surface area contributed by atoms with Gasteiger partial charge in [-0.15, -0.1) is 0 Å². The average Bonchev–Trinajstić information content (AvgIpc) is 2.81. The Bertz CT molecular complexity index is 318. The monoisotopic (exact) mass is 261 g/mol. The summed E-state index contributed by atoms with van der Waals surface area (Å²) in [5.41, 5.74) is 3.56. The third kappa shape index (κ3) is 3.35. The van der Waals surface area contributed by atoms with E-state index in [9.17, 15) is 0 Å². The summed E-state index contributed by atoms with van der Waals surface area (Å²) in [5, 5.41) is 3.97. The number of fused-ring (bicyclic) bond motifs is 2. The normalized spacial score (nSPS) is 33.7. The largest absolute Gasteiger partial charge is 0.385 e. The summed E-state index contributed by atoms with van der Waals surface area (Å²) in [7, 11) is 0. The molecule has 1 N–H and O–H groups in total. The Hall–Kier alpha value is -0.460. The minimum absolute atomic E-state index is 0.808. The van der Waals surface area contributed by atoms with Crippen molar-refractivity contribution in [2.24, 2.45) is 5.92 Å². The zero-order valence-corrected chi connectivity index (χ0v) is 12.6. The van der Waals surface area contributed by atoms with Crippen molar-refractivity contribution in [3.63, 3.8) is 0 Å². The summed E-state index contributed by atoms with van der Waals surface area (Å²) in [6.45, 7) is 0. The van der Waals surface area contributed by atoms with Crippen LogP contribution in [0.5, 0.6) is 0 Å². The Kier molecular flexibility index (Phi) is 4.85. The van der Waals surface area contributed by atoms with E-state index in [1.54, 1.807) is 5.70 Å². The second-order valence-electron chi connectivity index (χ2n) is 6.97. The Morgan fingerprint density at radius 2 is 1.26 bits per heavy atom. The van der Waals surface area contributed by atoms with Crippen molar-refractivity contribution >= 4 is 0 Å². The summed E-state index contributed by atoms with van der Waals surface area (Å²) in [5.74, 6) is 0.909. The summed E-state index contributed by atoms with van der Waals surface area (Å²) < 4.78 is 0. The molecule has 1 fully saturated rings. The van der Waals surface area contributed by atoms with Gasteiger partial charge in [-0.3, -0.25) is 0 Å². The van der Waals surface area contributed by atoms with E-state index in [1.165, 1.54) is 89.9 Å². The van der Waals surface area contributed by atoms with Crippen molar-refractivity contribution in [3.8, 4) is 0 Å². The maximum Gasteiger partial charge on any atom is 0.0324 e. The molecule has 3 aliphatic rings. The molecule has 0 saturated heterocycles. The first-order valence-electron chi connectivity index (χ1n) is 8.93. The van der Waals surface area contributed by atoms with Crippen LogP contribution in [0.1, 0.15) is 89.9 Å². The first-order valence-corrected chi connectivity index (χ1v) is 8.93. The molecular weight excluding hydrogens is 230 g/mol. The van der Waals surface area contributed by atoms with Crippen LogP contribution >= 0.6 is 0 Å². The fraction of sp³-hybridized carbons (Fsp3) is 0.889. The smallest absolute Gasteiger partial charge is 0.0324 e. The van der Waals surface area contributed by atoms with E-state index in [0.29, 0.717) is 0 Å². The van der Waals surface area contributed by atoms with Gasteiger partial charge in [-0.2, -0.15) is 0 Å². The Morgan fingerprint density at radius 1 is 0.632 bits per heavy atom. The summed E-state index contributed by atoms with van der Waals surface area (Å²) in [4.78, 5) is 0. The second kappa shape index (κ2) is 6.81. The van der Waals surface area contributed by atoms with Crippen molar-refractivity contribution in [3.05, 3.63) is 11.3 Å². The SMILES string of the molecule is C1CCCC2=C(CCC1)C1CCCCCCCC1N2. The lowest BCUT2D eigenvalue weighted by Gasteiger charge is -2.22. The van der Waals surface area contributed by atoms with E-state index in [1.807, 2.05) is 5.57 Å². The van der Waals surface area contributed by atoms with Crippen LogP contribution in [-0.4, -0.2) is 6.04 Å². The molecule has 3 rings (SSSR count). The highest BCUT2D eigenvalue weighted by molar-refractivity contribution is 5.25. The zero-order valence-electron chi connectivity index (χ0n) is 12.6. The molecule has 0 amide bonds. The topological polar surface area (TPSA) is 12.0 Å². The van der Waals surface area contributed by atoms with Gasteiger partial charge in [-0.1, -0.05) is 51.4 Å². The van der Waals surface area contributed by atoms with Gasteiger partial charge in [0.1, 0.15) is 0 Å². The first kappa shape index (κ1) is 13.5. The van der Waals surface area contributed by atoms with Crippen molar-refractivity contribution in [2.75, 3.05) is 0 Å². The van der Waals surface area contributed by atoms with Crippen LogP contribution in [0, 0.1) is 5.92 Å². The van der Waals surface area contributed by atoms with Crippen molar-refractivity contribution in [1.29, 1.82) is 0 Å². The molecule has 1 nitrogen and oxygen atoms in total. The fourth-order valence-corrected chi connectivity index (χ4v) is 4.51. The van der Waals surface area contributed by atoms with Gasteiger partial charge in [-0.25, -0.2) is 0 Å². The average molecular weight is 261 g/mol. The van der Waals surface area contributed by atoms with Crippen LogP contribution in [0.2, 0.25) is 0 Å². The van der Waals surface area contributed by atoms with Gasteiger partial charge >= 0.3 is 0 Å². The van der Waals surface area contributed by atoms with Gasteiger partial charge in [0.05, 0.1) is 0 Å². The highest BCUT2D eigenvalue weighted by Crippen LogP contribution is 2.39. The van der Waals surface area contributed by atoms with Gasteiger partial charge in [-0.05, 0) is 44.1 Å². The van der Waals surface area contributed by atoms with E-state index in [-0.39, 0.29) is 0 Å². The minimum Gasteiger partial charge on any atom is -0.385 e. The molecule has 1 aliphatic heterocycles. The molecule has 2 unspecified atom stereocenters. The lowest BCUT2D eigenvalue weighted by atomic mass is 9.85. The van der Waals surface area contributed by atoms with Gasteiger partial charge < -0.3 is 5.32 Å². The highest BCUT2D eigenvalue weighted by atomic mass is 15.0. The molecule has 0 bridgehead atoms. The Balaban J connectivity index is 1.73. The molecule has 0 aromatic carbocycles. The molecule has 2 atom stereocenters. The second-order valence-corrected chi connectivity index (χ2v) is 6.97. The highest BCUT2D eigenvalue weighted by Gasteiger charge is 2.33. The Morgan fingerprint density at radius 3 is 2.11 bits per heavy atom. The minimum atomic E-state index is 0.808. The quantitative estimate of drug-likeness (QED) is 0.622. The van der Waals surface area contributed by atoms with Crippen molar-refractivity contribution in [1.82, 2.24) is 5.32 Å². The number of allylic oxidation sites excluding steroid dienone is 1. The Labute approximate surface area is 119 Å². The van der Waals surface area contributed by atoms with Crippen LogP contribution in [0.4, 0.5) is 0 Å². The third-order valence-electron chi connectivity index (χ3n) is 5.58. The standard InChI is InChI=1S/C18H31N/c1-3-7-11-15-16-12-8-4-2-6-10-14-18(16)19-17(15)13-9-5-1/h15,17,19H,1-14H2. The number of hydrogen-bond donors (Lipinski definition) is 1. The third-order valence-corrected chi connectivity index (χ3v) is 5.58. The molecule has 19 heavy (non-hydrogen) atoms. The fourth-order valence-electron chi connectivity index (χ4n) is 4.51. The molecule has 1 heterocycles. The number of nitrogens with one attached hydrogen (secondary N) is 1. The molecule has 108 valence electrons. The summed E-state index contributed by atoms with van der Waals surface area (Å²) >= 11 is 0. The lowest BCUT2D eigenvalue weighted by molar-refractivity contribution is 0.398. The van der Waals surface area contributed by atoms with Gasteiger partial charge in [0, 0.05) is 17.7 Å². The molecule has 1 saturated carbocycles. The molecule has 0 aromatic rings. The molecule has 0 spiro atoms. The van der Waals surface area contributed by atoms with Crippen LogP contribution in [0.25, 0.3) is 0 Å². The molecular formula is C18H31N. The van der Waals surface area contributed by atoms with Crippen LogP contribution in [-0.2, 0) is 0 Å². The molecule has 2 aliphatic carbocycles. The predicted molar refractivity (Wildman–Crippen MR) is 82.1 cm³/mol. The first-order chi connectivity index (χ1) is 9.45. The lowest BCUT2D eigenvalue weighted by Crippen LogP contribution is -2.28. The number of rotatable bonds is 0. The van der Waals surface area contributed by atoms with Crippen LogP contribution < -0.4 is 5.32 Å². The molecule has 1 heteroatoms. The van der Waals surface area contributed by atoms with E-state index >= 15 is 0 Å². The van der Waals surface area contributed by atoms with Crippen molar-refractivity contribution < 1.29 is 0 Å². The van der Waals surface area contributed by atoms with Gasteiger partial charge in [0.25, 0.3) is 0 Å². The van der Waals surface area contributed by atoms with Gasteiger partial charge in [0.15, 0.2) is 0 Å².